The van der Waals surface area contributed by atoms with E-state index < -0.39 is 9.84 Å². The van der Waals surface area contributed by atoms with E-state index in [1.165, 1.54) is 6.07 Å². The Hall–Kier alpha value is -1.17. The van der Waals surface area contributed by atoms with E-state index in [0.29, 0.717) is 0 Å². The maximum absolute atomic E-state index is 10.8. The SMILES string of the molecule is CS(=O)(=O)c1cc(N)ncn1. The Morgan fingerprint density at radius 1 is 1.45 bits per heavy atom. The van der Waals surface area contributed by atoms with Crippen molar-refractivity contribution in [1.29, 1.82) is 0 Å². The van der Waals surface area contributed by atoms with Gasteiger partial charge in [-0.15, -0.1) is 0 Å². The van der Waals surface area contributed by atoms with Crippen LogP contribution < -0.4 is 5.73 Å². The second kappa shape index (κ2) is 2.46. The van der Waals surface area contributed by atoms with Gasteiger partial charge in [0.1, 0.15) is 12.1 Å². The summed E-state index contributed by atoms with van der Waals surface area (Å²) in [5.74, 6) is 0.153. The maximum atomic E-state index is 10.8. The Morgan fingerprint density at radius 3 is 2.45 bits per heavy atom. The van der Waals surface area contributed by atoms with Gasteiger partial charge in [-0.1, -0.05) is 0 Å². The molecule has 0 aliphatic rings. The van der Waals surface area contributed by atoms with Gasteiger partial charge in [0.15, 0.2) is 14.9 Å². The molecule has 11 heavy (non-hydrogen) atoms. The number of rotatable bonds is 1. The van der Waals surface area contributed by atoms with Gasteiger partial charge in [0.05, 0.1) is 0 Å². The fraction of sp³-hybridized carbons (Fsp3) is 0.200. The molecular weight excluding hydrogens is 166 g/mol. The molecule has 0 bridgehead atoms. The number of sulfone groups is 1. The highest BCUT2D eigenvalue weighted by Gasteiger charge is 2.07. The van der Waals surface area contributed by atoms with Gasteiger partial charge in [0, 0.05) is 12.3 Å². The Labute approximate surface area is 64.2 Å². The predicted octanol–water partition coefficient (Wildman–Crippen LogP) is -0.538. The van der Waals surface area contributed by atoms with Crippen molar-refractivity contribution < 1.29 is 8.42 Å². The van der Waals surface area contributed by atoms with E-state index in [-0.39, 0.29) is 10.8 Å². The van der Waals surface area contributed by atoms with Crippen molar-refractivity contribution in [1.82, 2.24) is 9.97 Å². The molecule has 0 aliphatic heterocycles. The van der Waals surface area contributed by atoms with Gasteiger partial charge in [0.25, 0.3) is 0 Å². The van der Waals surface area contributed by atoms with Crippen LogP contribution in [0.1, 0.15) is 0 Å². The summed E-state index contributed by atoms with van der Waals surface area (Å²) in [4.78, 5) is 7.09. The molecule has 0 aromatic carbocycles. The summed E-state index contributed by atoms with van der Waals surface area (Å²) in [7, 11) is -3.26. The number of hydrogen-bond acceptors (Lipinski definition) is 5. The van der Waals surface area contributed by atoms with Crippen LogP contribution in [0.4, 0.5) is 5.82 Å². The van der Waals surface area contributed by atoms with E-state index in [9.17, 15) is 8.42 Å². The number of anilines is 1. The summed E-state index contributed by atoms with van der Waals surface area (Å²) in [5, 5.41) is -0.0509. The van der Waals surface area contributed by atoms with Crippen LogP contribution in [0, 0.1) is 0 Å². The summed E-state index contributed by atoms with van der Waals surface area (Å²) in [6.07, 6.45) is 2.18. The zero-order chi connectivity index (χ0) is 8.48. The van der Waals surface area contributed by atoms with Crippen LogP contribution in [0.15, 0.2) is 17.4 Å². The van der Waals surface area contributed by atoms with E-state index in [1.54, 1.807) is 0 Å². The van der Waals surface area contributed by atoms with Gasteiger partial charge in [-0.05, 0) is 0 Å². The quantitative estimate of drug-likeness (QED) is 0.576. The van der Waals surface area contributed by atoms with Gasteiger partial charge in [-0.2, -0.15) is 0 Å². The fourth-order valence-electron chi connectivity index (χ4n) is 0.556. The molecular formula is C5H7N3O2S. The van der Waals surface area contributed by atoms with Gasteiger partial charge in [-0.3, -0.25) is 0 Å². The third-order valence-electron chi connectivity index (χ3n) is 1.04. The van der Waals surface area contributed by atoms with Gasteiger partial charge < -0.3 is 5.73 Å². The number of aromatic nitrogens is 2. The average molecular weight is 173 g/mol. The monoisotopic (exact) mass is 173 g/mol. The first-order valence-corrected chi connectivity index (χ1v) is 4.67. The van der Waals surface area contributed by atoms with E-state index >= 15 is 0 Å². The molecule has 1 rings (SSSR count). The predicted molar refractivity (Wildman–Crippen MR) is 39.6 cm³/mol. The molecule has 0 aliphatic carbocycles. The molecule has 0 radical (unpaired) electrons. The second-order valence-electron chi connectivity index (χ2n) is 2.05. The average Bonchev–Trinajstić information content (AvgIpc) is 1.86. The lowest BCUT2D eigenvalue weighted by molar-refractivity contribution is 0.598. The number of hydrogen-bond donors (Lipinski definition) is 1. The Balaban J connectivity index is 3.28. The van der Waals surface area contributed by atoms with Crippen LogP contribution in [-0.2, 0) is 9.84 Å². The van der Waals surface area contributed by atoms with Crippen LogP contribution in [0.5, 0.6) is 0 Å². The minimum Gasteiger partial charge on any atom is -0.384 e. The molecule has 6 heteroatoms. The highest BCUT2D eigenvalue weighted by Crippen LogP contribution is 2.05. The molecule has 1 heterocycles. The van der Waals surface area contributed by atoms with E-state index in [1.807, 2.05) is 0 Å². The molecule has 0 saturated heterocycles. The van der Waals surface area contributed by atoms with Crippen molar-refractivity contribution in [2.45, 2.75) is 5.03 Å². The van der Waals surface area contributed by atoms with Crippen molar-refractivity contribution in [3.05, 3.63) is 12.4 Å². The number of nitrogens with zero attached hydrogens (tertiary/aromatic N) is 2. The largest absolute Gasteiger partial charge is 0.384 e. The summed E-state index contributed by atoms with van der Waals surface area (Å²) in [5.41, 5.74) is 5.24. The topological polar surface area (TPSA) is 85.9 Å². The maximum Gasteiger partial charge on any atom is 0.192 e. The van der Waals surface area contributed by atoms with Crippen LogP contribution >= 0.6 is 0 Å². The van der Waals surface area contributed by atoms with Crippen molar-refractivity contribution in [3.8, 4) is 0 Å². The summed E-state index contributed by atoms with van der Waals surface area (Å²) in [6, 6.07) is 1.22. The molecule has 0 spiro atoms. The Bertz CT molecular complexity index is 360. The van der Waals surface area contributed by atoms with Crippen LogP contribution in [0.25, 0.3) is 0 Å². The summed E-state index contributed by atoms with van der Waals surface area (Å²) in [6.45, 7) is 0. The van der Waals surface area contributed by atoms with Crippen molar-refractivity contribution >= 4 is 15.7 Å². The van der Waals surface area contributed by atoms with Crippen LogP contribution in [0.2, 0.25) is 0 Å². The fourth-order valence-corrected chi connectivity index (χ4v) is 1.13. The number of nitrogens with two attached hydrogens (primary N) is 1. The lowest BCUT2D eigenvalue weighted by Gasteiger charge is -1.95. The molecule has 1 aromatic rings. The molecule has 2 N–H and O–H groups in total. The molecule has 5 nitrogen and oxygen atoms in total. The first kappa shape index (κ1) is 7.93. The minimum atomic E-state index is -3.26. The molecule has 1 aromatic heterocycles. The normalized spacial score (nSPS) is 11.4. The molecule has 0 saturated carbocycles. The second-order valence-corrected chi connectivity index (χ2v) is 4.02. The summed E-state index contributed by atoms with van der Waals surface area (Å²) < 4.78 is 21.7. The van der Waals surface area contributed by atoms with Crippen LogP contribution in [-0.4, -0.2) is 24.6 Å². The number of nitrogen functional groups attached to an aromatic ring is 1. The van der Waals surface area contributed by atoms with Gasteiger partial charge in [-0.25, -0.2) is 18.4 Å². The molecule has 60 valence electrons. The highest BCUT2D eigenvalue weighted by molar-refractivity contribution is 7.90. The van der Waals surface area contributed by atoms with Crippen molar-refractivity contribution in [3.63, 3.8) is 0 Å². The third kappa shape index (κ3) is 1.87. The highest BCUT2D eigenvalue weighted by atomic mass is 32.2. The molecule has 0 fully saturated rings. The lowest BCUT2D eigenvalue weighted by Crippen LogP contribution is -2.02. The van der Waals surface area contributed by atoms with Crippen LogP contribution in [0.3, 0.4) is 0 Å². The molecule has 0 atom stereocenters. The first-order valence-electron chi connectivity index (χ1n) is 2.78. The van der Waals surface area contributed by atoms with E-state index in [4.69, 9.17) is 5.73 Å². The smallest absolute Gasteiger partial charge is 0.192 e. The summed E-state index contributed by atoms with van der Waals surface area (Å²) >= 11 is 0. The third-order valence-corrected chi connectivity index (χ3v) is 2.03. The van der Waals surface area contributed by atoms with E-state index in [0.717, 1.165) is 12.6 Å². The molecule has 0 amide bonds. The van der Waals surface area contributed by atoms with Gasteiger partial charge >= 0.3 is 0 Å². The zero-order valence-electron chi connectivity index (χ0n) is 5.85. The Kier molecular flexibility index (Phi) is 1.77. The minimum absolute atomic E-state index is 0.0509. The van der Waals surface area contributed by atoms with Crippen molar-refractivity contribution in [2.75, 3.05) is 12.0 Å². The zero-order valence-corrected chi connectivity index (χ0v) is 6.67. The Morgan fingerprint density at radius 2 is 2.09 bits per heavy atom. The molecule has 0 unspecified atom stereocenters. The van der Waals surface area contributed by atoms with Crippen molar-refractivity contribution in [2.24, 2.45) is 0 Å². The lowest BCUT2D eigenvalue weighted by atomic mass is 10.6. The first-order chi connectivity index (χ1) is 5.00. The standard InChI is InChI=1S/C5H7N3O2S/c1-11(9,10)5-2-4(6)7-3-8-5/h2-3H,1H3,(H2,6,7,8). The van der Waals surface area contributed by atoms with Gasteiger partial charge in [0.2, 0.25) is 0 Å². The van der Waals surface area contributed by atoms with E-state index in [2.05, 4.69) is 9.97 Å².